The van der Waals surface area contributed by atoms with Gasteiger partial charge in [-0.3, -0.25) is 5.32 Å². The van der Waals surface area contributed by atoms with E-state index >= 15 is 0 Å². The molecular weight excluding hydrogens is 182 g/mol. The number of amides is 1. The van der Waals surface area contributed by atoms with E-state index in [1.165, 1.54) is 13.3 Å². The van der Waals surface area contributed by atoms with Crippen LogP contribution >= 0.6 is 0 Å². The number of nitrogens with one attached hydrogen (secondary N) is 1. The van der Waals surface area contributed by atoms with Crippen molar-refractivity contribution in [1.82, 2.24) is 5.32 Å². The van der Waals surface area contributed by atoms with Crippen molar-refractivity contribution >= 4 is 12.2 Å². The summed E-state index contributed by atoms with van der Waals surface area (Å²) in [5, 5.41) is 11.4. The molecule has 0 atom stereocenters. The molecule has 4 heteroatoms. The topological polar surface area (TPSA) is 58.6 Å². The number of carbonyl (C=O) groups excluding carboxylic acids is 1. The first kappa shape index (κ1) is 10.1. The molecule has 0 unspecified atom stereocenters. The summed E-state index contributed by atoms with van der Waals surface area (Å²) in [5.74, 6) is 0.211. The zero-order valence-corrected chi connectivity index (χ0v) is 7.73. The Kier molecular flexibility index (Phi) is 3.55. The normalized spacial score (nSPS) is 10.1. The van der Waals surface area contributed by atoms with Gasteiger partial charge in [0.05, 0.1) is 7.11 Å². The maximum absolute atomic E-state index is 10.6. The minimum absolute atomic E-state index is 0.211. The number of ether oxygens (including phenoxy) is 1. The quantitative estimate of drug-likeness (QED) is 0.751. The highest BCUT2D eigenvalue weighted by Crippen LogP contribution is 2.10. The Morgan fingerprint density at radius 1 is 1.43 bits per heavy atom. The minimum Gasteiger partial charge on any atom is -0.508 e. The Balaban J connectivity index is 2.52. The Bertz CT molecular complexity index is 330. The SMILES string of the molecule is COC(=O)N/C=C/c1ccc(O)cc1. The predicted octanol–water partition coefficient (Wildman–Crippen LogP) is 1.72. The number of rotatable bonds is 2. The molecule has 0 spiro atoms. The zero-order valence-electron chi connectivity index (χ0n) is 7.73. The molecule has 0 saturated heterocycles. The van der Waals surface area contributed by atoms with Gasteiger partial charge >= 0.3 is 6.09 Å². The van der Waals surface area contributed by atoms with Gasteiger partial charge in [-0.15, -0.1) is 0 Å². The van der Waals surface area contributed by atoms with Crippen molar-refractivity contribution < 1.29 is 14.6 Å². The van der Waals surface area contributed by atoms with Crippen molar-refractivity contribution in [3.05, 3.63) is 36.0 Å². The number of phenolic OH excluding ortho intramolecular Hbond substituents is 1. The molecule has 1 aromatic rings. The largest absolute Gasteiger partial charge is 0.508 e. The lowest BCUT2D eigenvalue weighted by Gasteiger charge is -1.96. The molecule has 14 heavy (non-hydrogen) atoms. The fraction of sp³-hybridized carbons (Fsp3) is 0.100. The Hall–Kier alpha value is -1.97. The van der Waals surface area contributed by atoms with Crippen LogP contribution in [-0.4, -0.2) is 18.3 Å². The number of hydrogen-bond acceptors (Lipinski definition) is 3. The van der Waals surface area contributed by atoms with Crippen LogP contribution in [-0.2, 0) is 4.74 Å². The number of phenols is 1. The highest BCUT2D eigenvalue weighted by molar-refractivity contribution is 5.69. The first-order valence-electron chi connectivity index (χ1n) is 4.02. The lowest BCUT2D eigenvalue weighted by Crippen LogP contribution is -2.15. The molecule has 0 fully saturated rings. The summed E-state index contributed by atoms with van der Waals surface area (Å²) in [7, 11) is 1.30. The first-order chi connectivity index (χ1) is 6.72. The monoisotopic (exact) mass is 193 g/mol. The molecule has 1 aromatic carbocycles. The molecule has 2 N–H and O–H groups in total. The van der Waals surface area contributed by atoms with Gasteiger partial charge in [0.25, 0.3) is 0 Å². The van der Waals surface area contributed by atoms with Gasteiger partial charge in [0.15, 0.2) is 0 Å². The van der Waals surface area contributed by atoms with Crippen LogP contribution < -0.4 is 5.32 Å². The van der Waals surface area contributed by atoms with Crippen molar-refractivity contribution in [2.45, 2.75) is 0 Å². The molecule has 0 bridgehead atoms. The fourth-order valence-electron chi connectivity index (χ4n) is 0.850. The summed E-state index contributed by atoms with van der Waals surface area (Å²) in [6.07, 6.45) is 2.65. The van der Waals surface area contributed by atoms with Gasteiger partial charge in [0, 0.05) is 6.20 Å². The highest BCUT2D eigenvalue weighted by Gasteiger charge is 1.91. The third-order valence-corrected chi connectivity index (χ3v) is 1.56. The molecule has 0 radical (unpaired) electrons. The van der Waals surface area contributed by atoms with E-state index in [2.05, 4.69) is 10.1 Å². The van der Waals surface area contributed by atoms with E-state index in [1.807, 2.05) is 0 Å². The smallest absolute Gasteiger partial charge is 0.410 e. The standard InChI is InChI=1S/C10H11NO3/c1-14-10(13)11-7-6-8-2-4-9(12)5-3-8/h2-7,12H,1H3,(H,11,13)/b7-6+. The molecule has 1 amide bonds. The molecular formula is C10H11NO3. The van der Waals surface area contributed by atoms with E-state index in [0.29, 0.717) is 0 Å². The van der Waals surface area contributed by atoms with E-state index in [0.717, 1.165) is 5.56 Å². The van der Waals surface area contributed by atoms with E-state index in [-0.39, 0.29) is 5.75 Å². The lowest BCUT2D eigenvalue weighted by molar-refractivity contribution is 0.175. The Labute approximate surface area is 81.8 Å². The van der Waals surface area contributed by atoms with Gasteiger partial charge in [0.2, 0.25) is 0 Å². The molecule has 4 nitrogen and oxygen atoms in total. The Morgan fingerprint density at radius 3 is 2.64 bits per heavy atom. The van der Waals surface area contributed by atoms with E-state index in [1.54, 1.807) is 30.3 Å². The molecule has 0 aliphatic rings. The van der Waals surface area contributed by atoms with Crippen LogP contribution in [0.15, 0.2) is 30.5 Å². The average Bonchev–Trinajstić information content (AvgIpc) is 2.21. The molecule has 0 aromatic heterocycles. The van der Waals surface area contributed by atoms with Gasteiger partial charge in [-0.05, 0) is 23.8 Å². The first-order valence-corrected chi connectivity index (χ1v) is 4.02. The van der Waals surface area contributed by atoms with Crippen LogP contribution in [0.25, 0.3) is 6.08 Å². The number of methoxy groups -OCH3 is 1. The summed E-state index contributed by atoms with van der Waals surface area (Å²) in [4.78, 5) is 10.6. The van der Waals surface area contributed by atoms with Gasteiger partial charge in [-0.2, -0.15) is 0 Å². The summed E-state index contributed by atoms with van der Waals surface area (Å²) >= 11 is 0. The maximum Gasteiger partial charge on any atom is 0.410 e. The van der Waals surface area contributed by atoms with Crippen molar-refractivity contribution in [2.24, 2.45) is 0 Å². The van der Waals surface area contributed by atoms with Crippen molar-refractivity contribution in [2.75, 3.05) is 7.11 Å². The maximum atomic E-state index is 10.6. The lowest BCUT2D eigenvalue weighted by atomic mass is 10.2. The summed E-state index contributed by atoms with van der Waals surface area (Å²) < 4.78 is 4.37. The van der Waals surface area contributed by atoms with Crippen LogP contribution in [0, 0.1) is 0 Å². The minimum atomic E-state index is -0.514. The third kappa shape index (κ3) is 3.18. The van der Waals surface area contributed by atoms with E-state index < -0.39 is 6.09 Å². The van der Waals surface area contributed by atoms with Crippen LogP contribution in [0.5, 0.6) is 5.75 Å². The molecule has 0 aliphatic carbocycles. The third-order valence-electron chi connectivity index (χ3n) is 1.56. The van der Waals surface area contributed by atoms with Crippen molar-refractivity contribution in [3.63, 3.8) is 0 Å². The van der Waals surface area contributed by atoms with Gasteiger partial charge < -0.3 is 9.84 Å². The Morgan fingerprint density at radius 2 is 2.07 bits per heavy atom. The van der Waals surface area contributed by atoms with Crippen molar-refractivity contribution in [3.8, 4) is 5.75 Å². The predicted molar refractivity (Wildman–Crippen MR) is 52.7 cm³/mol. The summed E-state index contributed by atoms with van der Waals surface area (Å²) in [6, 6.07) is 6.59. The number of aromatic hydroxyl groups is 1. The van der Waals surface area contributed by atoms with Gasteiger partial charge in [-0.1, -0.05) is 12.1 Å². The van der Waals surface area contributed by atoms with Crippen LogP contribution in [0.4, 0.5) is 4.79 Å². The average molecular weight is 193 g/mol. The molecule has 74 valence electrons. The number of carbonyl (C=O) groups is 1. The van der Waals surface area contributed by atoms with Crippen LogP contribution in [0.2, 0.25) is 0 Å². The zero-order chi connectivity index (χ0) is 10.4. The molecule has 0 aliphatic heterocycles. The second-order valence-corrected chi connectivity index (χ2v) is 2.56. The van der Waals surface area contributed by atoms with E-state index in [9.17, 15) is 4.79 Å². The van der Waals surface area contributed by atoms with Crippen LogP contribution in [0.1, 0.15) is 5.56 Å². The van der Waals surface area contributed by atoms with Crippen LogP contribution in [0.3, 0.4) is 0 Å². The number of alkyl carbamates (subject to hydrolysis) is 1. The molecule has 0 saturated carbocycles. The molecule has 0 heterocycles. The van der Waals surface area contributed by atoms with Gasteiger partial charge in [-0.25, -0.2) is 4.79 Å². The number of benzene rings is 1. The second kappa shape index (κ2) is 4.91. The number of hydrogen-bond donors (Lipinski definition) is 2. The van der Waals surface area contributed by atoms with E-state index in [4.69, 9.17) is 5.11 Å². The second-order valence-electron chi connectivity index (χ2n) is 2.56. The summed E-state index contributed by atoms with van der Waals surface area (Å²) in [5.41, 5.74) is 0.874. The summed E-state index contributed by atoms with van der Waals surface area (Å²) in [6.45, 7) is 0. The highest BCUT2D eigenvalue weighted by atomic mass is 16.5. The van der Waals surface area contributed by atoms with Crippen molar-refractivity contribution in [1.29, 1.82) is 0 Å². The van der Waals surface area contributed by atoms with Gasteiger partial charge in [0.1, 0.15) is 5.75 Å². The molecule has 1 rings (SSSR count). The fourth-order valence-corrected chi connectivity index (χ4v) is 0.850.